The zero-order valence-electron chi connectivity index (χ0n) is 11.3. The van der Waals surface area contributed by atoms with E-state index >= 15 is 0 Å². The number of alkyl halides is 1. The molecule has 0 aliphatic carbocycles. The molecule has 0 radical (unpaired) electrons. The summed E-state index contributed by atoms with van der Waals surface area (Å²) in [5.74, 6) is 1.65. The first kappa shape index (κ1) is 14.8. The predicted molar refractivity (Wildman–Crippen MR) is 74.8 cm³/mol. The van der Waals surface area contributed by atoms with Crippen LogP contribution in [0.15, 0.2) is 11.2 Å². The minimum Gasteiger partial charge on any atom is -0.337 e. The molecule has 7 heteroatoms. The summed E-state index contributed by atoms with van der Waals surface area (Å²) in [4.78, 5) is 4.14. The van der Waals surface area contributed by atoms with Crippen molar-refractivity contribution in [2.45, 2.75) is 31.2 Å². The summed E-state index contributed by atoms with van der Waals surface area (Å²) in [7, 11) is -1.66. The standard InChI is InChI=1S/C12H20ClN3O2S/c1-10-14-12(9-15(10)2)19(17,18)16-7-3-4-11(8-16)5-6-13/h9,11H,3-8H2,1-2H3. The normalized spacial score (nSPS) is 21.7. The van der Waals surface area contributed by atoms with Crippen molar-refractivity contribution < 1.29 is 8.42 Å². The molecule has 1 aliphatic rings. The molecule has 19 heavy (non-hydrogen) atoms. The van der Waals surface area contributed by atoms with E-state index in [9.17, 15) is 8.42 Å². The maximum absolute atomic E-state index is 12.5. The fraction of sp³-hybridized carbons (Fsp3) is 0.750. The summed E-state index contributed by atoms with van der Waals surface area (Å²) < 4.78 is 28.3. The molecule has 0 bridgehead atoms. The molecule has 1 aromatic rings. The average Bonchev–Trinajstić information content (AvgIpc) is 2.71. The summed E-state index contributed by atoms with van der Waals surface area (Å²) in [6.07, 6.45) is 4.40. The number of aryl methyl sites for hydroxylation is 2. The lowest BCUT2D eigenvalue weighted by atomic mass is 9.97. The van der Waals surface area contributed by atoms with Crippen LogP contribution in [0, 0.1) is 12.8 Å². The van der Waals surface area contributed by atoms with Crippen LogP contribution < -0.4 is 0 Å². The number of rotatable bonds is 4. The number of sulfonamides is 1. The van der Waals surface area contributed by atoms with Gasteiger partial charge in [0.25, 0.3) is 10.0 Å². The predicted octanol–water partition coefficient (Wildman–Crippen LogP) is 1.76. The average molecular weight is 306 g/mol. The van der Waals surface area contributed by atoms with Crippen LogP contribution in [-0.4, -0.2) is 41.2 Å². The molecule has 2 rings (SSSR count). The molecule has 0 aromatic carbocycles. The van der Waals surface area contributed by atoms with Crippen LogP contribution in [-0.2, 0) is 17.1 Å². The zero-order valence-corrected chi connectivity index (χ0v) is 12.9. The Kier molecular flexibility index (Phi) is 4.53. The quantitative estimate of drug-likeness (QED) is 0.797. The Balaban J connectivity index is 2.19. The molecule has 1 atom stereocenters. The van der Waals surface area contributed by atoms with E-state index in [1.54, 1.807) is 29.0 Å². The van der Waals surface area contributed by atoms with Crippen molar-refractivity contribution >= 4 is 21.6 Å². The fourth-order valence-corrected chi connectivity index (χ4v) is 4.31. The van der Waals surface area contributed by atoms with Gasteiger partial charge in [0.05, 0.1) is 0 Å². The molecule has 0 saturated carbocycles. The second kappa shape index (κ2) is 5.81. The Bertz CT molecular complexity index is 520. The highest BCUT2D eigenvalue weighted by Crippen LogP contribution is 2.25. The van der Waals surface area contributed by atoms with Crippen LogP contribution >= 0.6 is 11.6 Å². The molecular weight excluding hydrogens is 286 g/mol. The SMILES string of the molecule is Cc1nc(S(=O)(=O)N2CCCC(CCCl)C2)cn1C. The maximum Gasteiger partial charge on any atom is 0.262 e. The van der Waals surface area contributed by atoms with E-state index < -0.39 is 10.0 Å². The van der Waals surface area contributed by atoms with Gasteiger partial charge in [-0.05, 0) is 32.1 Å². The summed E-state index contributed by atoms with van der Waals surface area (Å²) in [6.45, 7) is 2.94. The number of halogens is 1. The summed E-state index contributed by atoms with van der Waals surface area (Å²) >= 11 is 5.75. The lowest BCUT2D eigenvalue weighted by Gasteiger charge is -2.31. The van der Waals surface area contributed by atoms with E-state index in [1.807, 2.05) is 0 Å². The molecule has 5 nitrogen and oxygen atoms in total. The third-order valence-electron chi connectivity index (χ3n) is 3.69. The molecule has 0 amide bonds. The molecule has 0 spiro atoms. The van der Waals surface area contributed by atoms with E-state index in [0.717, 1.165) is 19.3 Å². The monoisotopic (exact) mass is 305 g/mol. The molecule has 1 aromatic heterocycles. The van der Waals surface area contributed by atoms with Gasteiger partial charge in [-0.1, -0.05) is 0 Å². The van der Waals surface area contributed by atoms with Gasteiger partial charge in [-0.15, -0.1) is 11.6 Å². The fourth-order valence-electron chi connectivity index (χ4n) is 2.42. The molecule has 1 unspecified atom stereocenters. The van der Waals surface area contributed by atoms with Crippen molar-refractivity contribution in [1.82, 2.24) is 13.9 Å². The van der Waals surface area contributed by atoms with Crippen LogP contribution in [0.25, 0.3) is 0 Å². The molecule has 1 fully saturated rings. The van der Waals surface area contributed by atoms with Gasteiger partial charge in [-0.2, -0.15) is 4.31 Å². The largest absolute Gasteiger partial charge is 0.337 e. The van der Waals surface area contributed by atoms with Crippen molar-refractivity contribution in [1.29, 1.82) is 0 Å². The Morgan fingerprint density at radius 2 is 2.26 bits per heavy atom. The van der Waals surface area contributed by atoms with E-state index in [-0.39, 0.29) is 5.03 Å². The van der Waals surface area contributed by atoms with Gasteiger partial charge in [0.2, 0.25) is 0 Å². The van der Waals surface area contributed by atoms with Gasteiger partial charge in [0.15, 0.2) is 5.03 Å². The Labute approximate surface area is 119 Å². The minimum absolute atomic E-state index is 0.152. The third-order valence-corrected chi connectivity index (χ3v) is 5.64. The molecule has 108 valence electrons. The number of piperidine rings is 1. The molecule has 0 N–H and O–H groups in total. The van der Waals surface area contributed by atoms with Crippen molar-refractivity contribution in [2.75, 3.05) is 19.0 Å². The molecular formula is C12H20ClN3O2S. The third kappa shape index (κ3) is 3.12. The lowest BCUT2D eigenvalue weighted by molar-refractivity contribution is 0.262. The summed E-state index contributed by atoms with van der Waals surface area (Å²) in [5.41, 5.74) is 0. The lowest BCUT2D eigenvalue weighted by Crippen LogP contribution is -2.40. The van der Waals surface area contributed by atoms with Crippen LogP contribution in [0.4, 0.5) is 0 Å². The van der Waals surface area contributed by atoms with Gasteiger partial charge in [0.1, 0.15) is 5.82 Å². The maximum atomic E-state index is 12.5. The van der Waals surface area contributed by atoms with Crippen LogP contribution in [0.5, 0.6) is 0 Å². The second-order valence-corrected chi connectivity index (χ2v) is 7.35. The molecule has 1 saturated heterocycles. The van der Waals surface area contributed by atoms with E-state index in [1.165, 1.54) is 0 Å². The minimum atomic E-state index is -3.46. The molecule has 1 aliphatic heterocycles. The smallest absolute Gasteiger partial charge is 0.262 e. The van der Waals surface area contributed by atoms with Gasteiger partial charge in [-0.3, -0.25) is 0 Å². The van der Waals surface area contributed by atoms with E-state index in [0.29, 0.717) is 30.7 Å². The topological polar surface area (TPSA) is 55.2 Å². The number of hydrogen-bond donors (Lipinski definition) is 0. The number of hydrogen-bond acceptors (Lipinski definition) is 3. The first-order chi connectivity index (χ1) is 8.95. The van der Waals surface area contributed by atoms with Crippen LogP contribution in [0.2, 0.25) is 0 Å². The Hall–Kier alpha value is -0.590. The highest BCUT2D eigenvalue weighted by atomic mass is 35.5. The molecule has 2 heterocycles. The van der Waals surface area contributed by atoms with Gasteiger partial charge in [-0.25, -0.2) is 13.4 Å². The summed E-state index contributed by atoms with van der Waals surface area (Å²) in [5, 5.41) is 0.152. The Morgan fingerprint density at radius 3 is 2.84 bits per heavy atom. The number of imidazole rings is 1. The van der Waals surface area contributed by atoms with Crippen molar-refractivity contribution in [3.63, 3.8) is 0 Å². The first-order valence-corrected chi connectivity index (χ1v) is 8.48. The zero-order chi connectivity index (χ0) is 14.0. The van der Waals surface area contributed by atoms with Gasteiger partial charge < -0.3 is 4.57 Å². The van der Waals surface area contributed by atoms with E-state index in [4.69, 9.17) is 11.6 Å². The summed E-state index contributed by atoms with van der Waals surface area (Å²) in [6, 6.07) is 0. The number of nitrogens with zero attached hydrogens (tertiary/aromatic N) is 3. The number of aromatic nitrogens is 2. The highest BCUT2D eigenvalue weighted by molar-refractivity contribution is 7.89. The second-order valence-electron chi connectivity index (χ2n) is 5.09. The van der Waals surface area contributed by atoms with Crippen LogP contribution in [0.3, 0.4) is 0 Å². The van der Waals surface area contributed by atoms with Gasteiger partial charge in [0, 0.05) is 32.2 Å². The van der Waals surface area contributed by atoms with Crippen molar-refractivity contribution in [3.8, 4) is 0 Å². The van der Waals surface area contributed by atoms with E-state index in [2.05, 4.69) is 4.98 Å². The Morgan fingerprint density at radius 1 is 1.53 bits per heavy atom. The van der Waals surface area contributed by atoms with Crippen LogP contribution in [0.1, 0.15) is 25.1 Å². The van der Waals surface area contributed by atoms with Crippen molar-refractivity contribution in [2.24, 2.45) is 13.0 Å². The first-order valence-electron chi connectivity index (χ1n) is 6.51. The van der Waals surface area contributed by atoms with Crippen molar-refractivity contribution in [3.05, 3.63) is 12.0 Å². The van der Waals surface area contributed by atoms with Gasteiger partial charge >= 0.3 is 0 Å². The highest BCUT2D eigenvalue weighted by Gasteiger charge is 2.31.